The first kappa shape index (κ1) is 14.4. The summed E-state index contributed by atoms with van der Waals surface area (Å²) in [6.07, 6.45) is 0. The third-order valence-corrected chi connectivity index (χ3v) is 3.44. The molecule has 0 fully saturated rings. The van der Waals surface area contributed by atoms with Gasteiger partial charge in [-0.15, -0.1) is 0 Å². The Morgan fingerprint density at radius 1 is 1.05 bits per heavy atom. The topological polar surface area (TPSA) is 70.9 Å². The monoisotopic (exact) mass is 338 g/mol. The molecule has 2 N–H and O–H groups in total. The van der Waals surface area contributed by atoms with Crippen molar-refractivity contribution in [2.45, 2.75) is 6.92 Å². The van der Waals surface area contributed by atoms with Gasteiger partial charge in [-0.25, -0.2) is 0 Å². The van der Waals surface area contributed by atoms with E-state index < -0.39 is 0 Å². The summed E-state index contributed by atoms with van der Waals surface area (Å²) in [5.41, 5.74) is 0.803. The fourth-order valence-corrected chi connectivity index (χ4v) is 2.12. The molecule has 0 aliphatic carbocycles. The number of aromatic nitrogens is 3. The maximum atomic E-state index is 9.91. The van der Waals surface area contributed by atoms with Crippen LogP contribution in [0, 0.1) is 6.92 Å². The van der Waals surface area contributed by atoms with Gasteiger partial charge in [0.15, 0.2) is 5.75 Å². The minimum atomic E-state index is -0.170. The van der Waals surface area contributed by atoms with E-state index in [0.29, 0.717) is 10.6 Å². The molecule has 0 spiro atoms. The number of hydrogen-bond acceptors (Lipinski definition) is 5. The Kier molecular flexibility index (Phi) is 4.20. The molecule has 0 saturated heterocycles. The maximum absolute atomic E-state index is 9.91. The second-order valence-corrected chi connectivity index (χ2v) is 4.98. The molecule has 19 heavy (non-hydrogen) atoms. The highest BCUT2D eigenvalue weighted by Crippen LogP contribution is 2.39. The van der Waals surface area contributed by atoms with E-state index in [0.717, 1.165) is 0 Å². The second-order valence-electron chi connectivity index (χ2n) is 3.52. The molecule has 0 atom stereocenters. The molecule has 2 aromatic rings. The smallest absolute Gasteiger partial charge is 0.232 e. The zero-order valence-corrected chi connectivity index (χ0v) is 12.4. The van der Waals surface area contributed by atoms with Crippen molar-refractivity contribution >= 4 is 58.0 Å². The van der Waals surface area contributed by atoms with Crippen molar-refractivity contribution in [3.8, 4) is 5.75 Å². The number of nitrogens with one attached hydrogen (secondary N) is 1. The molecular formula is C10H6Cl4N4O. The number of nitrogens with zero attached hydrogens (tertiary/aromatic N) is 3. The van der Waals surface area contributed by atoms with E-state index >= 15 is 0 Å². The largest absolute Gasteiger partial charge is 0.504 e. The van der Waals surface area contributed by atoms with Gasteiger partial charge in [0.05, 0.1) is 10.7 Å². The van der Waals surface area contributed by atoms with Crippen LogP contribution in [0.2, 0.25) is 20.6 Å². The van der Waals surface area contributed by atoms with E-state index in [4.69, 9.17) is 46.4 Å². The predicted octanol–water partition coefficient (Wildman–Crippen LogP) is 4.24. The first-order valence-electron chi connectivity index (χ1n) is 4.90. The Morgan fingerprint density at radius 3 is 2.21 bits per heavy atom. The van der Waals surface area contributed by atoms with Crippen molar-refractivity contribution in [3.63, 3.8) is 0 Å². The van der Waals surface area contributed by atoms with Crippen LogP contribution in [0.1, 0.15) is 5.56 Å². The van der Waals surface area contributed by atoms with Crippen molar-refractivity contribution in [2.24, 2.45) is 0 Å². The number of phenolic OH excluding ortho intramolecular Hbond substituents is 1. The second kappa shape index (κ2) is 5.54. The number of hydrogen-bond donors (Lipinski definition) is 2. The van der Waals surface area contributed by atoms with Crippen LogP contribution in [0.4, 0.5) is 11.6 Å². The highest BCUT2D eigenvalue weighted by Gasteiger charge is 2.14. The average Bonchev–Trinajstić information content (AvgIpc) is 2.32. The highest BCUT2D eigenvalue weighted by atomic mass is 35.5. The molecule has 0 radical (unpaired) electrons. The molecule has 0 saturated carbocycles. The Balaban J connectivity index is 2.44. The van der Waals surface area contributed by atoms with Crippen LogP contribution >= 0.6 is 46.4 Å². The number of halogens is 4. The Morgan fingerprint density at radius 2 is 1.63 bits per heavy atom. The van der Waals surface area contributed by atoms with E-state index in [1.807, 2.05) is 0 Å². The van der Waals surface area contributed by atoms with Crippen molar-refractivity contribution in [2.75, 3.05) is 5.32 Å². The summed E-state index contributed by atoms with van der Waals surface area (Å²) in [6, 6.07) is 1.49. The zero-order valence-electron chi connectivity index (χ0n) is 9.38. The number of benzene rings is 1. The van der Waals surface area contributed by atoms with Crippen LogP contribution in [0.3, 0.4) is 0 Å². The van der Waals surface area contributed by atoms with Crippen LogP contribution in [-0.4, -0.2) is 20.1 Å². The first-order valence-corrected chi connectivity index (χ1v) is 6.41. The van der Waals surface area contributed by atoms with E-state index in [2.05, 4.69) is 20.3 Å². The summed E-state index contributed by atoms with van der Waals surface area (Å²) >= 11 is 23.2. The lowest BCUT2D eigenvalue weighted by Crippen LogP contribution is -2.00. The first-order chi connectivity index (χ1) is 8.88. The number of anilines is 2. The molecule has 0 aliphatic heterocycles. The van der Waals surface area contributed by atoms with Gasteiger partial charge in [-0.1, -0.05) is 23.2 Å². The lowest BCUT2D eigenvalue weighted by molar-refractivity contribution is 0.477. The van der Waals surface area contributed by atoms with Crippen LogP contribution < -0.4 is 5.32 Å². The fraction of sp³-hybridized carbons (Fsp3) is 0.100. The van der Waals surface area contributed by atoms with Gasteiger partial charge in [0.1, 0.15) is 0 Å². The van der Waals surface area contributed by atoms with Crippen molar-refractivity contribution in [1.82, 2.24) is 15.0 Å². The number of phenols is 1. The molecule has 0 unspecified atom stereocenters. The number of rotatable bonds is 2. The standard InChI is InChI=1S/C10H6Cl4N4O/c1-3-4(11)2-5(7(19)6(3)12)15-10-17-8(13)16-9(14)18-10/h2,19H,1H3,(H,15,16,17,18). The molecule has 2 rings (SSSR count). The van der Waals surface area contributed by atoms with Crippen molar-refractivity contribution < 1.29 is 5.11 Å². The summed E-state index contributed by atoms with van der Waals surface area (Å²) in [5.74, 6) is -0.104. The van der Waals surface area contributed by atoms with Gasteiger partial charge in [0.25, 0.3) is 0 Å². The molecule has 0 aliphatic rings. The molecule has 1 aromatic carbocycles. The van der Waals surface area contributed by atoms with Gasteiger partial charge in [-0.3, -0.25) is 0 Å². The van der Waals surface area contributed by atoms with Crippen LogP contribution in [0.5, 0.6) is 5.75 Å². The van der Waals surface area contributed by atoms with E-state index in [1.54, 1.807) is 6.92 Å². The molecule has 0 bridgehead atoms. The van der Waals surface area contributed by atoms with Crippen LogP contribution in [-0.2, 0) is 0 Å². The average molecular weight is 340 g/mol. The van der Waals surface area contributed by atoms with Gasteiger partial charge in [0.2, 0.25) is 16.5 Å². The predicted molar refractivity (Wildman–Crippen MR) is 76.0 cm³/mol. The van der Waals surface area contributed by atoms with Gasteiger partial charge < -0.3 is 10.4 Å². The fourth-order valence-electron chi connectivity index (χ4n) is 1.30. The maximum Gasteiger partial charge on any atom is 0.232 e. The summed E-state index contributed by atoms with van der Waals surface area (Å²) in [5, 5.41) is 13.0. The molecule has 9 heteroatoms. The van der Waals surface area contributed by atoms with E-state index in [1.165, 1.54) is 6.07 Å². The lowest BCUT2D eigenvalue weighted by Gasteiger charge is -2.11. The van der Waals surface area contributed by atoms with Gasteiger partial charge in [-0.05, 0) is 41.8 Å². The Bertz CT molecular complexity index is 630. The third kappa shape index (κ3) is 3.12. The van der Waals surface area contributed by atoms with Crippen LogP contribution in [0.25, 0.3) is 0 Å². The third-order valence-electron chi connectivity index (χ3n) is 2.25. The van der Waals surface area contributed by atoms with Gasteiger partial charge in [0, 0.05) is 5.02 Å². The van der Waals surface area contributed by atoms with Gasteiger partial charge >= 0.3 is 0 Å². The van der Waals surface area contributed by atoms with Crippen molar-refractivity contribution in [3.05, 3.63) is 32.2 Å². The normalized spacial score (nSPS) is 10.6. The minimum Gasteiger partial charge on any atom is -0.504 e. The summed E-state index contributed by atoms with van der Waals surface area (Å²) in [6.45, 7) is 1.69. The minimum absolute atomic E-state index is 0.0660. The summed E-state index contributed by atoms with van der Waals surface area (Å²) in [4.78, 5) is 11.2. The molecular weight excluding hydrogens is 334 g/mol. The molecule has 1 aromatic heterocycles. The van der Waals surface area contributed by atoms with Gasteiger partial charge in [-0.2, -0.15) is 15.0 Å². The van der Waals surface area contributed by atoms with Crippen molar-refractivity contribution in [1.29, 1.82) is 0 Å². The number of aromatic hydroxyl groups is 1. The molecule has 0 amide bonds. The molecule has 5 nitrogen and oxygen atoms in total. The Hall–Kier alpha value is -1.01. The Labute approximate surface area is 128 Å². The quantitative estimate of drug-likeness (QED) is 0.800. The van der Waals surface area contributed by atoms with Crippen LogP contribution in [0.15, 0.2) is 6.07 Å². The molecule has 100 valence electrons. The highest BCUT2D eigenvalue weighted by molar-refractivity contribution is 6.37. The lowest BCUT2D eigenvalue weighted by atomic mass is 10.2. The zero-order chi connectivity index (χ0) is 14.2. The van der Waals surface area contributed by atoms with E-state index in [9.17, 15) is 5.11 Å². The summed E-state index contributed by atoms with van der Waals surface area (Å²) < 4.78 is 0. The van der Waals surface area contributed by atoms with E-state index in [-0.39, 0.29) is 33.0 Å². The summed E-state index contributed by atoms with van der Waals surface area (Å²) in [7, 11) is 0. The SMILES string of the molecule is Cc1c(Cl)cc(Nc2nc(Cl)nc(Cl)n2)c(O)c1Cl. The molecule has 1 heterocycles.